The Balaban J connectivity index is 2.12. The number of amides is 3. The molecule has 1 heterocycles. The van der Waals surface area contributed by atoms with Crippen LogP contribution < -0.4 is 10.6 Å². The maximum Gasteiger partial charge on any atom is 0.331 e. The van der Waals surface area contributed by atoms with Crippen molar-refractivity contribution in [1.82, 2.24) is 10.6 Å². The van der Waals surface area contributed by atoms with Crippen molar-refractivity contribution in [3.05, 3.63) is 63.3 Å². The van der Waals surface area contributed by atoms with E-state index in [1.165, 1.54) is 30.5 Å². The van der Waals surface area contributed by atoms with Crippen molar-refractivity contribution >= 4 is 46.9 Å². The molecule has 3 amide bonds. The van der Waals surface area contributed by atoms with E-state index in [9.17, 15) is 14.4 Å². The van der Waals surface area contributed by atoms with Crippen LogP contribution in [0.1, 0.15) is 16.5 Å². The molecular formula is C17H15ClN2O4S. The molecule has 1 aromatic carbocycles. The lowest BCUT2D eigenvalue weighted by atomic mass is 10.1. The Morgan fingerprint density at radius 3 is 2.48 bits per heavy atom. The van der Waals surface area contributed by atoms with Crippen molar-refractivity contribution in [2.45, 2.75) is 6.10 Å². The minimum Gasteiger partial charge on any atom is -0.444 e. The van der Waals surface area contributed by atoms with Gasteiger partial charge in [-0.1, -0.05) is 41.9 Å². The van der Waals surface area contributed by atoms with Crippen LogP contribution in [-0.2, 0) is 14.3 Å². The van der Waals surface area contributed by atoms with Crippen LogP contribution in [0.4, 0.5) is 4.79 Å². The number of carbonyl (C=O) groups excluding carboxylic acids is 3. The molecule has 0 saturated heterocycles. The minimum absolute atomic E-state index is 0.449. The van der Waals surface area contributed by atoms with E-state index in [4.69, 9.17) is 16.3 Å². The second-order valence-corrected chi connectivity index (χ2v) is 6.52. The molecule has 8 heteroatoms. The Morgan fingerprint density at radius 1 is 1.16 bits per heavy atom. The average Bonchev–Trinajstić information content (AvgIpc) is 3.03. The fourth-order valence-corrected chi connectivity index (χ4v) is 2.83. The van der Waals surface area contributed by atoms with E-state index in [0.29, 0.717) is 9.90 Å². The molecule has 25 heavy (non-hydrogen) atoms. The van der Waals surface area contributed by atoms with Crippen molar-refractivity contribution in [3.63, 3.8) is 0 Å². The second-order valence-electron chi connectivity index (χ2n) is 4.77. The first kappa shape index (κ1) is 18.7. The van der Waals surface area contributed by atoms with Gasteiger partial charge in [0, 0.05) is 23.6 Å². The number of nitrogens with one attached hydrogen (secondary N) is 2. The number of benzene rings is 1. The van der Waals surface area contributed by atoms with Crippen molar-refractivity contribution in [2.75, 3.05) is 7.05 Å². The van der Waals surface area contributed by atoms with E-state index < -0.39 is 24.0 Å². The third-order valence-corrected chi connectivity index (χ3v) is 4.21. The van der Waals surface area contributed by atoms with Crippen molar-refractivity contribution < 1.29 is 19.1 Å². The predicted octanol–water partition coefficient (Wildman–Crippen LogP) is 3.15. The normalized spacial score (nSPS) is 11.8. The van der Waals surface area contributed by atoms with E-state index >= 15 is 0 Å². The molecule has 2 aromatic rings. The summed E-state index contributed by atoms with van der Waals surface area (Å²) < 4.78 is 5.82. The summed E-state index contributed by atoms with van der Waals surface area (Å²) >= 11 is 7.12. The number of ether oxygens (including phenoxy) is 1. The lowest BCUT2D eigenvalue weighted by Gasteiger charge is -2.16. The number of halogens is 1. The molecule has 0 fully saturated rings. The molecule has 0 spiro atoms. The Hall–Kier alpha value is -2.64. The predicted molar refractivity (Wildman–Crippen MR) is 96.2 cm³/mol. The molecule has 6 nitrogen and oxygen atoms in total. The number of rotatable bonds is 5. The number of urea groups is 1. The zero-order valence-corrected chi connectivity index (χ0v) is 14.8. The van der Waals surface area contributed by atoms with Gasteiger partial charge in [0.05, 0.1) is 4.34 Å². The highest BCUT2D eigenvalue weighted by atomic mass is 35.5. The molecule has 0 saturated carbocycles. The van der Waals surface area contributed by atoms with Crippen molar-refractivity contribution in [2.24, 2.45) is 0 Å². The molecule has 0 aliphatic heterocycles. The molecule has 0 radical (unpaired) electrons. The van der Waals surface area contributed by atoms with Crippen LogP contribution in [0.15, 0.2) is 48.5 Å². The molecule has 0 aliphatic carbocycles. The van der Waals surface area contributed by atoms with Crippen LogP contribution in [-0.4, -0.2) is 25.0 Å². The molecule has 0 bridgehead atoms. The maximum absolute atomic E-state index is 12.2. The largest absolute Gasteiger partial charge is 0.444 e. The van der Waals surface area contributed by atoms with Crippen molar-refractivity contribution in [3.8, 4) is 0 Å². The molecule has 1 atom stereocenters. The van der Waals surface area contributed by atoms with Gasteiger partial charge in [0.25, 0.3) is 5.91 Å². The molecule has 130 valence electrons. The highest BCUT2D eigenvalue weighted by Gasteiger charge is 2.25. The summed E-state index contributed by atoms with van der Waals surface area (Å²) in [6.45, 7) is 0. The summed E-state index contributed by atoms with van der Waals surface area (Å²) in [6, 6.07) is 11.2. The third kappa shape index (κ3) is 5.74. The SMILES string of the molecule is CNC(=O)NC(=O)[C@@H](OC(=O)/C=C/c1ccc(Cl)s1)c1ccccc1. The van der Waals surface area contributed by atoms with E-state index in [0.717, 1.165) is 4.88 Å². The maximum atomic E-state index is 12.2. The standard InChI is InChI=1S/C17H15ClN2O4S/c1-19-17(23)20-16(22)15(11-5-3-2-4-6-11)24-14(21)10-8-12-7-9-13(18)25-12/h2-10,15H,1H3,(H2,19,20,22,23)/b10-8+/t15-/m0/s1. The molecule has 2 rings (SSSR count). The summed E-state index contributed by atoms with van der Waals surface area (Å²) in [5.41, 5.74) is 0.449. The Bertz CT molecular complexity index is 789. The van der Waals surface area contributed by atoms with Gasteiger partial charge in [-0.05, 0) is 18.2 Å². The Morgan fingerprint density at radius 2 is 1.88 bits per heavy atom. The summed E-state index contributed by atoms with van der Waals surface area (Å²) in [6.07, 6.45) is 1.49. The van der Waals surface area contributed by atoms with Crippen LogP contribution in [0.2, 0.25) is 4.34 Å². The number of carbonyl (C=O) groups is 3. The molecule has 0 unspecified atom stereocenters. The van der Waals surface area contributed by atoms with Gasteiger partial charge in [0.1, 0.15) is 0 Å². The van der Waals surface area contributed by atoms with Crippen LogP contribution in [0.25, 0.3) is 6.08 Å². The molecular weight excluding hydrogens is 364 g/mol. The molecule has 1 aromatic heterocycles. The third-order valence-electron chi connectivity index (χ3n) is 3.02. The van der Waals surface area contributed by atoms with E-state index in [2.05, 4.69) is 10.6 Å². The van der Waals surface area contributed by atoms with Crippen LogP contribution in [0, 0.1) is 0 Å². The van der Waals surface area contributed by atoms with Crippen LogP contribution in [0.5, 0.6) is 0 Å². The lowest BCUT2D eigenvalue weighted by Crippen LogP contribution is -2.41. The first-order chi connectivity index (χ1) is 12.0. The number of esters is 1. The fraction of sp³-hybridized carbons (Fsp3) is 0.118. The monoisotopic (exact) mass is 378 g/mol. The van der Waals surface area contributed by atoms with Gasteiger partial charge >= 0.3 is 12.0 Å². The quantitative estimate of drug-likeness (QED) is 0.618. The van der Waals surface area contributed by atoms with E-state index in [1.807, 2.05) is 0 Å². The van der Waals surface area contributed by atoms with Gasteiger partial charge in [-0.15, -0.1) is 11.3 Å². The topological polar surface area (TPSA) is 84.5 Å². The zero-order chi connectivity index (χ0) is 18.2. The smallest absolute Gasteiger partial charge is 0.331 e. The lowest BCUT2D eigenvalue weighted by molar-refractivity contribution is -0.151. The molecule has 0 aliphatic rings. The number of imide groups is 1. The number of hydrogen-bond acceptors (Lipinski definition) is 5. The van der Waals surface area contributed by atoms with Crippen LogP contribution >= 0.6 is 22.9 Å². The Kier molecular flexibility index (Phi) is 6.73. The number of thiophene rings is 1. The van der Waals surface area contributed by atoms with Gasteiger partial charge in [-0.3, -0.25) is 10.1 Å². The van der Waals surface area contributed by atoms with Gasteiger partial charge in [0.2, 0.25) is 6.10 Å². The Labute approximate surface area is 153 Å². The van der Waals surface area contributed by atoms with Crippen LogP contribution in [0.3, 0.4) is 0 Å². The summed E-state index contributed by atoms with van der Waals surface area (Å²) in [7, 11) is 1.38. The summed E-state index contributed by atoms with van der Waals surface area (Å²) in [5, 5.41) is 4.37. The van der Waals surface area contributed by atoms with Gasteiger partial charge in [-0.2, -0.15) is 0 Å². The average molecular weight is 379 g/mol. The van der Waals surface area contributed by atoms with Gasteiger partial charge in [0.15, 0.2) is 0 Å². The minimum atomic E-state index is -1.25. The second kappa shape index (κ2) is 9.00. The van der Waals surface area contributed by atoms with E-state index in [-0.39, 0.29) is 0 Å². The molecule has 2 N–H and O–H groups in total. The fourth-order valence-electron chi connectivity index (χ4n) is 1.86. The van der Waals surface area contributed by atoms with E-state index in [1.54, 1.807) is 42.5 Å². The summed E-state index contributed by atoms with van der Waals surface area (Å²) in [4.78, 5) is 36.4. The van der Waals surface area contributed by atoms with Gasteiger partial charge < -0.3 is 10.1 Å². The first-order valence-corrected chi connectivity index (χ1v) is 8.40. The number of hydrogen-bond donors (Lipinski definition) is 2. The highest BCUT2D eigenvalue weighted by molar-refractivity contribution is 7.17. The highest BCUT2D eigenvalue weighted by Crippen LogP contribution is 2.23. The van der Waals surface area contributed by atoms with Crippen molar-refractivity contribution in [1.29, 1.82) is 0 Å². The summed E-state index contributed by atoms with van der Waals surface area (Å²) in [5.74, 6) is -1.46. The first-order valence-electron chi connectivity index (χ1n) is 7.21. The zero-order valence-electron chi connectivity index (χ0n) is 13.2. The van der Waals surface area contributed by atoms with Gasteiger partial charge in [-0.25, -0.2) is 9.59 Å².